The Labute approximate surface area is 228 Å². The maximum atomic E-state index is 13.6. The summed E-state index contributed by atoms with van der Waals surface area (Å²) in [6.07, 6.45) is 3.19. The molecular formula is C28H35ClN4O5. The maximum absolute atomic E-state index is 13.6. The lowest BCUT2D eigenvalue weighted by Gasteiger charge is -2.44. The Morgan fingerprint density at radius 1 is 1.16 bits per heavy atom. The van der Waals surface area contributed by atoms with E-state index in [9.17, 15) is 14.4 Å². The number of hydrogen-bond donors (Lipinski definition) is 2. The lowest BCUT2D eigenvalue weighted by Crippen LogP contribution is -2.61. The van der Waals surface area contributed by atoms with Gasteiger partial charge in [0.1, 0.15) is 11.6 Å². The maximum Gasteiger partial charge on any atom is 0.410 e. The lowest BCUT2D eigenvalue weighted by molar-refractivity contribution is -0.137. The van der Waals surface area contributed by atoms with E-state index in [4.69, 9.17) is 26.4 Å². The van der Waals surface area contributed by atoms with Gasteiger partial charge in [-0.1, -0.05) is 23.7 Å². The lowest BCUT2D eigenvalue weighted by atomic mass is 9.94. The molecule has 1 aliphatic heterocycles. The van der Waals surface area contributed by atoms with E-state index in [-0.39, 0.29) is 31.5 Å². The topological polar surface area (TPSA) is 112 Å². The predicted octanol–water partition coefficient (Wildman–Crippen LogP) is 3.83. The average molecular weight is 543 g/mol. The minimum atomic E-state index is -0.911. The third-order valence-corrected chi connectivity index (χ3v) is 7.06. The first kappa shape index (κ1) is 27.9. The van der Waals surface area contributed by atoms with Crippen LogP contribution < -0.4 is 5.32 Å². The molecule has 1 aromatic heterocycles. The number of carboxylic acids is 1. The second kappa shape index (κ2) is 11.7. The van der Waals surface area contributed by atoms with Crippen LogP contribution in [0.2, 0.25) is 5.02 Å². The second-order valence-electron chi connectivity index (χ2n) is 10.8. The Balaban J connectivity index is 1.69. The molecular weight excluding hydrogens is 508 g/mol. The van der Waals surface area contributed by atoms with Gasteiger partial charge in [0.2, 0.25) is 5.91 Å². The fraction of sp³-hybridized carbons (Fsp3) is 0.500. The summed E-state index contributed by atoms with van der Waals surface area (Å²) >= 11 is 6.36. The summed E-state index contributed by atoms with van der Waals surface area (Å²) in [4.78, 5) is 45.9. The molecule has 38 heavy (non-hydrogen) atoms. The molecule has 1 saturated heterocycles. The van der Waals surface area contributed by atoms with Crippen molar-refractivity contribution < 1.29 is 24.2 Å². The molecule has 4 rings (SSSR count). The van der Waals surface area contributed by atoms with Gasteiger partial charge in [-0.15, -0.1) is 0 Å². The molecule has 10 heteroatoms. The SMILES string of the molecule is CC(C)(C)OC(=O)N1CCN(C2c3ccc(Cl)cc3CCc3cccnc32)C(C(=O)NCCCC(=O)O)C1. The Morgan fingerprint density at radius 2 is 1.92 bits per heavy atom. The van der Waals surface area contributed by atoms with Gasteiger partial charge < -0.3 is 20.1 Å². The first-order chi connectivity index (χ1) is 18.0. The number of carboxylic acid groups (broad SMARTS) is 1. The number of aryl methyl sites for hydroxylation is 2. The summed E-state index contributed by atoms with van der Waals surface area (Å²) in [6, 6.07) is 8.84. The van der Waals surface area contributed by atoms with Gasteiger partial charge in [0.15, 0.2) is 0 Å². The largest absolute Gasteiger partial charge is 0.481 e. The fourth-order valence-corrected chi connectivity index (χ4v) is 5.31. The first-order valence-corrected chi connectivity index (χ1v) is 13.4. The van der Waals surface area contributed by atoms with Gasteiger partial charge in [-0.2, -0.15) is 0 Å². The number of rotatable bonds is 6. The van der Waals surface area contributed by atoms with Crippen molar-refractivity contribution in [1.29, 1.82) is 0 Å². The molecule has 2 amide bonds. The number of nitrogens with zero attached hydrogens (tertiary/aromatic N) is 3. The fourth-order valence-electron chi connectivity index (χ4n) is 5.12. The molecule has 2 aromatic rings. The minimum absolute atomic E-state index is 0.0350. The van der Waals surface area contributed by atoms with Crippen molar-refractivity contribution in [2.75, 3.05) is 26.2 Å². The monoisotopic (exact) mass is 542 g/mol. The number of carbonyl (C=O) groups is 3. The van der Waals surface area contributed by atoms with Crippen molar-refractivity contribution in [1.82, 2.24) is 20.1 Å². The molecule has 9 nitrogen and oxygen atoms in total. The molecule has 2 heterocycles. The van der Waals surface area contributed by atoms with Gasteiger partial charge in [0, 0.05) is 43.8 Å². The van der Waals surface area contributed by atoms with Crippen molar-refractivity contribution in [2.45, 2.75) is 64.1 Å². The Hall–Kier alpha value is -3.17. The molecule has 0 saturated carbocycles. The molecule has 204 valence electrons. The normalized spacial score (nSPS) is 19.6. The number of benzene rings is 1. The number of amides is 2. The zero-order chi connectivity index (χ0) is 27.4. The van der Waals surface area contributed by atoms with Crippen molar-refractivity contribution in [3.63, 3.8) is 0 Å². The zero-order valence-electron chi connectivity index (χ0n) is 22.1. The van der Waals surface area contributed by atoms with Crippen LogP contribution in [-0.2, 0) is 27.2 Å². The summed E-state index contributed by atoms with van der Waals surface area (Å²) in [7, 11) is 0. The second-order valence-corrected chi connectivity index (χ2v) is 11.2. The predicted molar refractivity (Wildman–Crippen MR) is 143 cm³/mol. The molecule has 0 spiro atoms. The van der Waals surface area contributed by atoms with E-state index < -0.39 is 23.7 Å². The summed E-state index contributed by atoms with van der Waals surface area (Å²) in [6.45, 7) is 6.61. The van der Waals surface area contributed by atoms with Gasteiger partial charge >= 0.3 is 12.1 Å². The Morgan fingerprint density at radius 3 is 2.66 bits per heavy atom. The molecule has 2 aliphatic rings. The number of pyridine rings is 1. The van der Waals surface area contributed by atoms with Gasteiger partial charge in [0.05, 0.1) is 11.7 Å². The van der Waals surface area contributed by atoms with E-state index in [1.807, 2.05) is 45.0 Å². The molecule has 2 unspecified atom stereocenters. The standard InChI is InChI=1S/C28H35ClN4O5/c1-28(2,3)38-27(37)32-14-15-33(22(17-32)26(36)31-13-5-7-23(34)35)25-21-11-10-20(29)16-19(21)9-8-18-6-4-12-30-24(18)25/h4,6,10-12,16,22,25H,5,7-9,13-15,17H2,1-3H3,(H,31,36)(H,34,35). The quantitative estimate of drug-likeness (QED) is 0.533. The number of aromatic nitrogens is 1. The number of nitrogens with one attached hydrogen (secondary N) is 1. The van der Waals surface area contributed by atoms with E-state index >= 15 is 0 Å². The highest BCUT2D eigenvalue weighted by molar-refractivity contribution is 6.30. The van der Waals surface area contributed by atoms with Gasteiger partial charge in [-0.05, 0) is 74.9 Å². The summed E-state index contributed by atoms with van der Waals surface area (Å²) < 4.78 is 5.60. The van der Waals surface area contributed by atoms with Gasteiger partial charge in [-0.25, -0.2) is 4.79 Å². The molecule has 0 bridgehead atoms. The number of piperazine rings is 1. The van der Waals surface area contributed by atoms with Crippen LogP contribution in [0, 0.1) is 0 Å². The number of ether oxygens (including phenoxy) is 1. The smallest absolute Gasteiger partial charge is 0.410 e. The van der Waals surface area contributed by atoms with Crippen LogP contribution in [0.3, 0.4) is 0 Å². The van der Waals surface area contributed by atoms with Crippen molar-refractivity contribution in [2.24, 2.45) is 0 Å². The molecule has 2 atom stereocenters. The van der Waals surface area contributed by atoms with Crippen LogP contribution >= 0.6 is 11.6 Å². The van der Waals surface area contributed by atoms with Crippen LogP contribution in [0.4, 0.5) is 4.79 Å². The Bertz CT molecular complexity index is 1200. The average Bonchev–Trinajstić information content (AvgIpc) is 3.01. The zero-order valence-corrected chi connectivity index (χ0v) is 22.8. The molecule has 1 aliphatic carbocycles. The van der Waals surface area contributed by atoms with E-state index in [1.165, 1.54) is 0 Å². The van der Waals surface area contributed by atoms with Crippen LogP contribution in [0.15, 0.2) is 36.5 Å². The van der Waals surface area contributed by atoms with Gasteiger partial charge in [-0.3, -0.25) is 19.5 Å². The summed E-state index contributed by atoms with van der Waals surface area (Å²) in [5, 5.41) is 12.5. The van der Waals surface area contributed by atoms with E-state index in [1.54, 1.807) is 11.1 Å². The number of aliphatic carboxylic acids is 1. The third-order valence-electron chi connectivity index (χ3n) is 6.82. The van der Waals surface area contributed by atoms with Crippen LogP contribution in [0.5, 0.6) is 0 Å². The first-order valence-electron chi connectivity index (χ1n) is 13.0. The van der Waals surface area contributed by atoms with Crippen molar-refractivity contribution in [3.05, 3.63) is 63.9 Å². The van der Waals surface area contributed by atoms with Crippen LogP contribution in [-0.4, -0.2) is 75.7 Å². The minimum Gasteiger partial charge on any atom is -0.481 e. The van der Waals surface area contributed by atoms with Crippen LogP contribution in [0.25, 0.3) is 0 Å². The number of carbonyl (C=O) groups excluding carboxylic acids is 2. The van der Waals surface area contributed by atoms with E-state index in [0.717, 1.165) is 35.2 Å². The molecule has 0 radical (unpaired) electrons. The Kier molecular flexibility index (Phi) is 8.57. The van der Waals surface area contributed by atoms with Crippen LogP contribution in [0.1, 0.15) is 62.0 Å². The van der Waals surface area contributed by atoms with E-state index in [2.05, 4.69) is 16.3 Å². The summed E-state index contributed by atoms with van der Waals surface area (Å²) in [5.74, 6) is -1.17. The highest BCUT2D eigenvalue weighted by Crippen LogP contribution is 2.38. The van der Waals surface area contributed by atoms with Gasteiger partial charge in [0.25, 0.3) is 0 Å². The third kappa shape index (κ3) is 6.63. The molecule has 2 N–H and O–H groups in total. The number of hydrogen-bond acceptors (Lipinski definition) is 6. The highest BCUT2D eigenvalue weighted by Gasteiger charge is 2.42. The number of halogens is 1. The number of fused-ring (bicyclic) bond motifs is 2. The molecule has 1 aromatic carbocycles. The van der Waals surface area contributed by atoms with Crippen molar-refractivity contribution in [3.8, 4) is 0 Å². The highest BCUT2D eigenvalue weighted by atomic mass is 35.5. The summed E-state index contributed by atoms with van der Waals surface area (Å²) in [5.41, 5.74) is 3.49. The van der Waals surface area contributed by atoms with E-state index in [0.29, 0.717) is 24.5 Å². The molecule has 1 fully saturated rings. The van der Waals surface area contributed by atoms with Crippen molar-refractivity contribution >= 4 is 29.6 Å².